The van der Waals surface area contributed by atoms with Crippen molar-refractivity contribution in [2.24, 2.45) is 16.2 Å². The van der Waals surface area contributed by atoms with Crippen LogP contribution in [0.1, 0.15) is 128 Å². The van der Waals surface area contributed by atoms with Crippen LogP contribution in [0.25, 0.3) is 20.5 Å². The Morgan fingerprint density at radius 3 is 2.00 bits per heavy atom. The molecule has 0 saturated heterocycles. The lowest BCUT2D eigenvalue weighted by molar-refractivity contribution is -0.181. The summed E-state index contributed by atoms with van der Waals surface area (Å²) in [7, 11) is 0. The summed E-state index contributed by atoms with van der Waals surface area (Å²) < 4.78 is 47.0. The van der Waals surface area contributed by atoms with E-state index in [-0.39, 0.29) is 22.5 Å². The molecule has 3 aromatic rings. The fourth-order valence-electron chi connectivity index (χ4n) is 6.47. The smallest absolute Gasteiger partial charge is 0.394 e. The minimum absolute atomic E-state index is 0.0404. The van der Waals surface area contributed by atoms with Gasteiger partial charge in [-0.05, 0) is 112 Å². The van der Waals surface area contributed by atoms with Crippen LogP contribution in [0.5, 0.6) is 11.5 Å². The average molecular weight is 673 g/mol. The van der Waals surface area contributed by atoms with Gasteiger partial charge >= 0.3 is 12.1 Å². The van der Waals surface area contributed by atoms with E-state index >= 15 is 0 Å². The van der Waals surface area contributed by atoms with Gasteiger partial charge in [-0.3, -0.25) is 4.79 Å². The van der Waals surface area contributed by atoms with Crippen molar-refractivity contribution in [2.45, 2.75) is 146 Å². The third-order valence-electron chi connectivity index (χ3n) is 8.77. The minimum Gasteiger partial charge on any atom is -0.488 e. The molecule has 0 aliphatic heterocycles. The number of alkyl halides is 2. The van der Waals surface area contributed by atoms with E-state index in [1.165, 1.54) is 11.3 Å². The SMILES string of the molecule is CCCCCc1ccc(-c2cc3ccc(OC(C)(C)CC(C)(C)OC(=O)C(C)(CC(C)(C)C)C(C)(C)C)cc3s2)c(OC(C)(F)F)c1. The molecule has 4 nitrogen and oxygen atoms in total. The van der Waals surface area contributed by atoms with Gasteiger partial charge in [-0.25, -0.2) is 0 Å². The van der Waals surface area contributed by atoms with Crippen molar-refractivity contribution >= 4 is 27.4 Å². The Balaban J connectivity index is 1.82. The molecule has 1 atom stereocenters. The Kier molecular flexibility index (Phi) is 11.6. The second-order valence-corrected chi connectivity index (χ2v) is 18.1. The highest BCUT2D eigenvalue weighted by molar-refractivity contribution is 7.22. The standard InChI is InChI=1S/C40H58F2O4S/c1-14-15-16-17-27-18-21-30(31(22-27)45-40(13,41)42)33-23-28-19-20-29(24-32(28)47-33)44-37(8,9)26-38(10,11)46-34(43)39(12,36(5,6)7)25-35(2,3)4/h18-24H,14-17,25-26H2,1-13H3. The maximum Gasteiger partial charge on any atom is 0.394 e. The minimum atomic E-state index is -3.29. The number of carbonyl (C=O) groups is 1. The second-order valence-electron chi connectivity index (χ2n) is 17.0. The molecule has 0 amide bonds. The van der Waals surface area contributed by atoms with Crippen molar-refractivity contribution in [3.05, 3.63) is 48.0 Å². The van der Waals surface area contributed by atoms with E-state index in [1.807, 2.05) is 71.0 Å². The zero-order chi connectivity index (χ0) is 35.6. The summed E-state index contributed by atoms with van der Waals surface area (Å²) in [6.07, 6.45) is 1.91. The number of thiophene rings is 1. The average Bonchev–Trinajstić information content (AvgIpc) is 3.28. The van der Waals surface area contributed by atoms with Gasteiger partial charge in [0, 0.05) is 28.5 Å². The van der Waals surface area contributed by atoms with Gasteiger partial charge in [0.25, 0.3) is 0 Å². The van der Waals surface area contributed by atoms with Gasteiger partial charge in [-0.1, -0.05) is 67.4 Å². The van der Waals surface area contributed by atoms with Gasteiger partial charge in [0.2, 0.25) is 0 Å². The van der Waals surface area contributed by atoms with E-state index in [2.05, 4.69) is 48.5 Å². The molecule has 1 heterocycles. The highest BCUT2D eigenvalue weighted by Gasteiger charge is 2.49. The molecule has 0 bridgehead atoms. The summed E-state index contributed by atoms with van der Waals surface area (Å²) >= 11 is 1.51. The summed E-state index contributed by atoms with van der Waals surface area (Å²) in [6.45, 7) is 25.6. The van der Waals surface area contributed by atoms with Crippen LogP contribution in [0.2, 0.25) is 0 Å². The quantitative estimate of drug-likeness (QED) is 0.126. The monoisotopic (exact) mass is 672 g/mol. The van der Waals surface area contributed by atoms with E-state index < -0.39 is 22.7 Å². The molecule has 3 rings (SSSR count). The molecule has 1 unspecified atom stereocenters. The van der Waals surface area contributed by atoms with E-state index in [0.29, 0.717) is 24.2 Å². The Bertz CT molecular complexity index is 1520. The lowest BCUT2D eigenvalue weighted by Crippen LogP contribution is -2.48. The molecule has 262 valence electrons. The molecule has 0 aliphatic rings. The Morgan fingerprint density at radius 1 is 0.766 bits per heavy atom. The largest absolute Gasteiger partial charge is 0.488 e. The maximum absolute atomic E-state index is 14.1. The van der Waals surface area contributed by atoms with Crippen molar-refractivity contribution < 1.29 is 27.8 Å². The third kappa shape index (κ3) is 10.9. The molecule has 7 heteroatoms. The lowest BCUT2D eigenvalue weighted by atomic mass is 9.61. The normalized spacial score (nSPS) is 14.6. The van der Waals surface area contributed by atoms with E-state index in [1.54, 1.807) is 6.07 Å². The first kappa shape index (κ1) is 38.8. The summed E-state index contributed by atoms with van der Waals surface area (Å²) in [4.78, 5) is 14.6. The van der Waals surface area contributed by atoms with Gasteiger partial charge in [-0.2, -0.15) is 8.78 Å². The molecule has 0 radical (unpaired) electrons. The van der Waals surface area contributed by atoms with Crippen LogP contribution in [0, 0.1) is 16.2 Å². The molecule has 1 aromatic heterocycles. The van der Waals surface area contributed by atoms with Crippen molar-refractivity contribution in [1.29, 1.82) is 0 Å². The third-order valence-corrected chi connectivity index (χ3v) is 9.90. The van der Waals surface area contributed by atoms with Gasteiger partial charge in [0.1, 0.15) is 22.7 Å². The van der Waals surface area contributed by atoms with Crippen LogP contribution >= 0.6 is 11.3 Å². The first-order valence-electron chi connectivity index (χ1n) is 17.0. The topological polar surface area (TPSA) is 44.8 Å². The number of hydrogen-bond acceptors (Lipinski definition) is 5. The Labute approximate surface area is 286 Å². The number of benzene rings is 2. The number of aryl methyl sites for hydroxylation is 1. The van der Waals surface area contributed by atoms with E-state index in [0.717, 1.165) is 53.1 Å². The highest BCUT2D eigenvalue weighted by atomic mass is 32.1. The molecule has 2 aromatic carbocycles. The number of unbranched alkanes of at least 4 members (excludes halogenated alkanes) is 2. The number of ether oxygens (including phenoxy) is 3. The van der Waals surface area contributed by atoms with Crippen molar-refractivity contribution in [1.82, 2.24) is 0 Å². The summed E-state index contributed by atoms with van der Waals surface area (Å²) in [5, 5.41) is 0.992. The molecule has 0 spiro atoms. The van der Waals surface area contributed by atoms with E-state index in [4.69, 9.17) is 14.2 Å². The first-order valence-corrected chi connectivity index (χ1v) is 17.8. The van der Waals surface area contributed by atoms with Crippen LogP contribution in [-0.4, -0.2) is 23.3 Å². The number of halogens is 2. The molecule has 0 aliphatic carbocycles. The number of fused-ring (bicyclic) bond motifs is 1. The van der Waals surface area contributed by atoms with Crippen molar-refractivity contribution in [2.75, 3.05) is 0 Å². The van der Waals surface area contributed by atoms with E-state index in [9.17, 15) is 13.6 Å². The fourth-order valence-corrected chi connectivity index (χ4v) is 7.60. The molecule has 0 fully saturated rings. The molecular weight excluding hydrogens is 614 g/mol. The number of rotatable bonds is 14. The van der Waals surface area contributed by atoms with Crippen molar-refractivity contribution in [3.63, 3.8) is 0 Å². The Hall–Kier alpha value is -2.67. The van der Waals surface area contributed by atoms with Crippen LogP contribution in [-0.2, 0) is 16.0 Å². The summed E-state index contributed by atoms with van der Waals surface area (Å²) in [6, 6.07) is 13.6. The predicted octanol–water partition coefficient (Wildman–Crippen LogP) is 12.7. The van der Waals surface area contributed by atoms with Gasteiger partial charge in [0.05, 0.1) is 5.41 Å². The second kappa shape index (κ2) is 14.1. The highest BCUT2D eigenvalue weighted by Crippen LogP contribution is 2.48. The van der Waals surface area contributed by atoms with Gasteiger partial charge < -0.3 is 14.2 Å². The van der Waals surface area contributed by atoms with Gasteiger partial charge in [-0.15, -0.1) is 11.3 Å². The zero-order valence-electron chi connectivity index (χ0n) is 31.1. The summed E-state index contributed by atoms with van der Waals surface area (Å²) in [5.74, 6) is 0.692. The van der Waals surface area contributed by atoms with Crippen molar-refractivity contribution in [3.8, 4) is 21.9 Å². The fraction of sp³-hybridized carbons (Fsp3) is 0.625. The summed E-state index contributed by atoms with van der Waals surface area (Å²) in [5.41, 5.74) is -0.773. The molecule has 0 saturated carbocycles. The van der Waals surface area contributed by atoms with Crippen LogP contribution in [0.3, 0.4) is 0 Å². The molecular formula is C40H58F2O4S. The number of hydrogen-bond donors (Lipinski definition) is 0. The van der Waals surface area contributed by atoms with Crippen LogP contribution in [0.15, 0.2) is 42.5 Å². The van der Waals surface area contributed by atoms with Crippen LogP contribution in [0.4, 0.5) is 8.78 Å². The lowest BCUT2D eigenvalue weighted by Gasteiger charge is -2.45. The maximum atomic E-state index is 14.1. The first-order chi connectivity index (χ1) is 21.3. The van der Waals surface area contributed by atoms with Gasteiger partial charge in [0.15, 0.2) is 0 Å². The molecule has 0 N–H and O–H groups in total. The Morgan fingerprint density at radius 2 is 1.43 bits per heavy atom. The van der Waals surface area contributed by atoms with Crippen LogP contribution < -0.4 is 9.47 Å². The molecule has 47 heavy (non-hydrogen) atoms. The number of esters is 1. The predicted molar refractivity (Wildman–Crippen MR) is 193 cm³/mol. The zero-order valence-corrected chi connectivity index (χ0v) is 31.9. The number of carbonyl (C=O) groups excluding carboxylic acids is 1.